The maximum absolute atomic E-state index is 11.8. The number of hydrogen-bond donors (Lipinski definition) is 2. The van der Waals surface area contributed by atoms with Gasteiger partial charge in [0.1, 0.15) is 6.61 Å². The van der Waals surface area contributed by atoms with Gasteiger partial charge in [-0.15, -0.1) is 11.3 Å². The van der Waals surface area contributed by atoms with Gasteiger partial charge in [0.15, 0.2) is 0 Å². The quantitative estimate of drug-likeness (QED) is 0.648. The van der Waals surface area contributed by atoms with Gasteiger partial charge in [0, 0.05) is 9.35 Å². The molecule has 3 nitrogen and oxygen atoms in total. The fourth-order valence-electron chi connectivity index (χ4n) is 1.05. The molecule has 0 spiro atoms. The molecule has 0 aliphatic rings. The lowest BCUT2D eigenvalue weighted by Gasteiger charge is -2.16. The van der Waals surface area contributed by atoms with Crippen LogP contribution < -0.4 is 11.3 Å². The molecule has 1 aromatic rings. The Morgan fingerprint density at radius 1 is 1.56 bits per heavy atom. The number of halogens is 4. The van der Waals surface area contributed by atoms with Crippen LogP contribution in [0.1, 0.15) is 10.9 Å². The van der Waals surface area contributed by atoms with E-state index < -0.39 is 18.8 Å². The van der Waals surface area contributed by atoms with Gasteiger partial charge in [-0.1, -0.05) is 0 Å². The lowest BCUT2D eigenvalue weighted by Crippen LogP contribution is -2.32. The number of hydrogen-bond acceptors (Lipinski definition) is 4. The van der Waals surface area contributed by atoms with E-state index >= 15 is 0 Å². The molecule has 92 valence electrons. The van der Waals surface area contributed by atoms with Gasteiger partial charge in [0.05, 0.1) is 12.6 Å². The van der Waals surface area contributed by atoms with Gasteiger partial charge in [-0.25, -0.2) is 5.43 Å². The number of thiophene rings is 1. The molecule has 0 aromatic carbocycles. The number of nitrogens with one attached hydrogen (secondary N) is 1. The van der Waals surface area contributed by atoms with Gasteiger partial charge in [0.25, 0.3) is 0 Å². The van der Waals surface area contributed by atoms with E-state index in [0.717, 1.165) is 9.35 Å². The molecule has 1 aromatic heterocycles. The summed E-state index contributed by atoms with van der Waals surface area (Å²) in [5, 5.41) is 1.81. The Bertz CT molecular complexity index is 331. The third-order valence-electron chi connectivity index (χ3n) is 1.71. The van der Waals surface area contributed by atoms with Crippen LogP contribution in [0.15, 0.2) is 15.9 Å². The Labute approximate surface area is 103 Å². The summed E-state index contributed by atoms with van der Waals surface area (Å²) in [5.41, 5.74) is 2.42. The molecule has 8 heteroatoms. The second-order valence-corrected chi connectivity index (χ2v) is 4.78. The van der Waals surface area contributed by atoms with Crippen molar-refractivity contribution in [3.8, 4) is 0 Å². The van der Waals surface area contributed by atoms with E-state index in [2.05, 4.69) is 26.1 Å². The van der Waals surface area contributed by atoms with E-state index in [-0.39, 0.29) is 6.61 Å². The first-order valence-corrected chi connectivity index (χ1v) is 5.95. The van der Waals surface area contributed by atoms with Crippen LogP contribution >= 0.6 is 27.3 Å². The smallest absolute Gasteiger partial charge is 0.370 e. The average Bonchev–Trinajstić information content (AvgIpc) is 2.58. The zero-order valence-corrected chi connectivity index (χ0v) is 10.5. The topological polar surface area (TPSA) is 47.3 Å². The highest BCUT2D eigenvalue weighted by molar-refractivity contribution is 9.10. The predicted octanol–water partition coefficient (Wildman–Crippen LogP) is 2.59. The zero-order valence-electron chi connectivity index (χ0n) is 8.05. The molecule has 16 heavy (non-hydrogen) atoms. The number of alkyl halides is 3. The highest BCUT2D eigenvalue weighted by Gasteiger charge is 2.28. The molecule has 0 aliphatic heterocycles. The summed E-state index contributed by atoms with van der Waals surface area (Å²) in [6, 6.07) is 1.35. The Kier molecular flexibility index (Phi) is 5.19. The molecule has 0 radical (unpaired) electrons. The molecule has 1 heterocycles. The fraction of sp³-hybridized carbons (Fsp3) is 0.500. The van der Waals surface area contributed by atoms with E-state index in [1.165, 1.54) is 11.3 Å². The fourth-order valence-corrected chi connectivity index (χ4v) is 2.74. The molecular weight excluding hydrogens is 309 g/mol. The summed E-state index contributed by atoms with van der Waals surface area (Å²) in [5.74, 6) is 5.26. The van der Waals surface area contributed by atoms with E-state index in [0.29, 0.717) is 0 Å². The van der Waals surface area contributed by atoms with Crippen molar-refractivity contribution in [3.63, 3.8) is 0 Å². The van der Waals surface area contributed by atoms with Crippen LogP contribution in [0.4, 0.5) is 13.2 Å². The summed E-state index contributed by atoms with van der Waals surface area (Å²) in [7, 11) is 0. The van der Waals surface area contributed by atoms with Crippen molar-refractivity contribution < 1.29 is 17.9 Å². The Balaban J connectivity index is 2.48. The van der Waals surface area contributed by atoms with Crippen LogP contribution in [0.25, 0.3) is 0 Å². The van der Waals surface area contributed by atoms with E-state index in [1.807, 2.05) is 5.38 Å². The minimum atomic E-state index is -4.31. The molecule has 1 rings (SSSR count). The van der Waals surface area contributed by atoms with Crippen molar-refractivity contribution in [2.24, 2.45) is 5.84 Å². The maximum Gasteiger partial charge on any atom is 0.411 e. The van der Waals surface area contributed by atoms with Gasteiger partial charge < -0.3 is 4.74 Å². The first kappa shape index (κ1) is 13.9. The van der Waals surface area contributed by atoms with Crippen LogP contribution in [0.2, 0.25) is 0 Å². The first-order valence-electron chi connectivity index (χ1n) is 4.27. The highest BCUT2D eigenvalue weighted by Crippen LogP contribution is 2.29. The third-order valence-corrected chi connectivity index (χ3v) is 3.70. The van der Waals surface area contributed by atoms with Crippen molar-refractivity contribution in [3.05, 3.63) is 20.8 Å². The van der Waals surface area contributed by atoms with Crippen LogP contribution in [0, 0.1) is 0 Å². The average molecular weight is 319 g/mol. The SMILES string of the molecule is NNC(COCC(F)(F)F)c1sccc1Br. The minimum absolute atomic E-state index is 0.130. The van der Waals surface area contributed by atoms with Gasteiger partial charge in [0.2, 0.25) is 0 Å². The van der Waals surface area contributed by atoms with Gasteiger partial charge >= 0.3 is 6.18 Å². The summed E-state index contributed by atoms with van der Waals surface area (Å²) in [4.78, 5) is 0.810. The van der Waals surface area contributed by atoms with E-state index in [1.54, 1.807) is 6.07 Å². The molecule has 0 saturated carbocycles. The molecule has 0 aliphatic carbocycles. The Morgan fingerprint density at radius 3 is 2.69 bits per heavy atom. The molecule has 0 bridgehead atoms. The maximum atomic E-state index is 11.8. The van der Waals surface area contributed by atoms with Gasteiger partial charge in [-0.2, -0.15) is 13.2 Å². The van der Waals surface area contributed by atoms with Crippen LogP contribution in [-0.4, -0.2) is 19.4 Å². The molecule has 0 amide bonds. The largest absolute Gasteiger partial charge is 0.411 e. The van der Waals surface area contributed by atoms with Gasteiger partial charge in [-0.3, -0.25) is 5.84 Å². The van der Waals surface area contributed by atoms with E-state index in [9.17, 15) is 13.2 Å². The Hall–Kier alpha value is -0.150. The standard InChI is InChI=1S/C8H10BrF3N2OS/c9-5-1-2-16-7(5)6(14-13)3-15-4-8(10,11)12/h1-2,6,14H,3-4,13H2. The molecule has 1 atom stereocenters. The second kappa shape index (κ2) is 5.97. The predicted molar refractivity (Wildman–Crippen MR) is 59.0 cm³/mol. The molecule has 3 N–H and O–H groups in total. The van der Waals surface area contributed by atoms with Crippen molar-refractivity contribution in [1.82, 2.24) is 5.43 Å². The van der Waals surface area contributed by atoms with Crippen molar-refractivity contribution in [2.45, 2.75) is 12.2 Å². The van der Waals surface area contributed by atoms with E-state index in [4.69, 9.17) is 5.84 Å². The van der Waals surface area contributed by atoms with Crippen LogP contribution in [-0.2, 0) is 4.74 Å². The molecule has 0 saturated heterocycles. The normalized spacial score (nSPS) is 14.1. The second-order valence-electron chi connectivity index (χ2n) is 2.98. The monoisotopic (exact) mass is 318 g/mol. The first-order chi connectivity index (χ1) is 7.44. The van der Waals surface area contributed by atoms with Gasteiger partial charge in [-0.05, 0) is 27.4 Å². The number of rotatable bonds is 5. The van der Waals surface area contributed by atoms with Crippen LogP contribution in [0.3, 0.4) is 0 Å². The summed E-state index contributed by atoms with van der Waals surface area (Å²) in [6.45, 7) is -1.40. The lowest BCUT2D eigenvalue weighted by atomic mass is 10.3. The summed E-state index contributed by atoms with van der Waals surface area (Å²) in [6.07, 6.45) is -4.31. The van der Waals surface area contributed by atoms with Crippen molar-refractivity contribution in [1.29, 1.82) is 0 Å². The number of hydrazine groups is 1. The van der Waals surface area contributed by atoms with Crippen molar-refractivity contribution in [2.75, 3.05) is 13.2 Å². The summed E-state index contributed by atoms with van der Waals surface area (Å²) < 4.78 is 40.9. The number of nitrogens with two attached hydrogens (primary N) is 1. The highest BCUT2D eigenvalue weighted by atomic mass is 79.9. The minimum Gasteiger partial charge on any atom is -0.370 e. The Morgan fingerprint density at radius 2 is 2.25 bits per heavy atom. The molecule has 1 unspecified atom stereocenters. The molecular formula is C8H10BrF3N2OS. The zero-order chi connectivity index (χ0) is 12.2. The molecule has 0 fully saturated rings. The lowest BCUT2D eigenvalue weighted by molar-refractivity contribution is -0.175. The third kappa shape index (κ3) is 4.38. The van der Waals surface area contributed by atoms with Crippen LogP contribution in [0.5, 0.6) is 0 Å². The number of ether oxygens (including phenoxy) is 1. The van der Waals surface area contributed by atoms with Crippen molar-refractivity contribution >= 4 is 27.3 Å². The summed E-state index contributed by atoms with van der Waals surface area (Å²) >= 11 is 4.67.